The van der Waals surface area contributed by atoms with E-state index in [1.54, 1.807) is 31.4 Å². The van der Waals surface area contributed by atoms with Crippen molar-refractivity contribution in [3.05, 3.63) is 77.2 Å². The highest BCUT2D eigenvalue weighted by molar-refractivity contribution is 5.84. The number of likely N-dealkylation sites (tertiary alicyclic amines) is 1. The lowest BCUT2D eigenvalue weighted by Gasteiger charge is -2.28. The van der Waals surface area contributed by atoms with Gasteiger partial charge in [0.2, 0.25) is 0 Å². The third kappa shape index (κ3) is 5.52. The van der Waals surface area contributed by atoms with Crippen LogP contribution < -0.4 is 10.1 Å². The first-order chi connectivity index (χ1) is 17.3. The van der Waals surface area contributed by atoms with Gasteiger partial charge in [-0.1, -0.05) is 12.2 Å². The highest BCUT2D eigenvalue weighted by Crippen LogP contribution is 2.26. The van der Waals surface area contributed by atoms with E-state index in [0.717, 1.165) is 18.2 Å². The fraction of sp³-hybridized carbons (Fsp3) is 0.333. The number of esters is 1. The maximum absolute atomic E-state index is 14.7. The molecule has 0 radical (unpaired) electrons. The Morgan fingerprint density at radius 2 is 2.00 bits per heavy atom. The van der Waals surface area contributed by atoms with Crippen LogP contribution in [0, 0.1) is 17.5 Å². The number of nitrogens with one attached hydrogen (secondary N) is 1. The van der Waals surface area contributed by atoms with E-state index in [2.05, 4.69) is 10.3 Å². The van der Waals surface area contributed by atoms with Crippen molar-refractivity contribution in [1.82, 2.24) is 15.2 Å². The van der Waals surface area contributed by atoms with Gasteiger partial charge >= 0.3 is 5.97 Å². The highest BCUT2D eigenvalue weighted by atomic mass is 19.1. The Labute approximate surface area is 207 Å². The lowest BCUT2D eigenvalue weighted by Crippen LogP contribution is -2.55. The lowest BCUT2D eigenvalue weighted by atomic mass is 9.97. The predicted octanol–water partition coefficient (Wildman–Crippen LogP) is 4.12. The summed E-state index contributed by atoms with van der Waals surface area (Å²) in [5.41, 5.74) is 0.350. The Balaban J connectivity index is 1.44. The van der Waals surface area contributed by atoms with Crippen LogP contribution in [0.25, 0.3) is 17.0 Å². The molecule has 1 atom stereocenters. The fourth-order valence-corrected chi connectivity index (χ4v) is 4.60. The van der Waals surface area contributed by atoms with E-state index >= 15 is 0 Å². The quantitative estimate of drug-likeness (QED) is 0.447. The molecule has 0 bridgehead atoms. The molecule has 36 heavy (non-hydrogen) atoms. The molecule has 1 N–H and O–H groups in total. The van der Waals surface area contributed by atoms with Crippen LogP contribution >= 0.6 is 0 Å². The van der Waals surface area contributed by atoms with E-state index in [9.17, 15) is 18.0 Å². The third-order valence-corrected chi connectivity index (χ3v) is 6.52. The summed E-state index contributed by atoms with van der Waals surface area (Å²) < 4.78 is 52.3. The number of nitrogens with zero attached hydrogens (tertiary/aromatic N) is 2. The Hall–Kier alpha value is -3.43. The molecule has 0 saturated carbocycles. The summed E-state index contributed by atoms with van der Waals surface area (Å²) in [6.45, 7) is 1.74. The molecule has 1 aliphatic rings. The molecule has 6 nitrogen and oxygen atoms in total. The summed E-state index contributed by atoms with van der Waals surface area (Å²) in [6.07, 6.45) is 5.28. The van der Waals surface area contributed by atoms with Crippen molar-refractivity contribution in [3.63, 3.8) is 0 Å². The summed E-state index contributed by atoms with van der Waals surface area (Å²) in [4.78, 5) is 18.9. The highest BCUT2D eigenvalue weighted by Gasteiger charge is 2.45. The Morgan fingerprint density at radius 1 is 1.17 bits per heavy atom. The molecule has 3 aromatic rings. The number of hydrogen-bond acceptors (Lipinski definition) is 6. The zero-order chi connectivity index (χ0) is 25.7. The molecule has 0 amide bonds. The number of halogens is 3. The number of carbonyl (C=O) groups excluding carboxylic acids is 1. The van der Waals surface area contributed by atoms with E-state index in [1.807, 2.05) is 4.90 Å². The van der Waals surface area contributed by atoms with Crippen molar-refractivity contribution >= 4 is 22.9 Å². The second-order valence-corrected chi connectivity index (χ2v) is 8.77. The molecule has 9 heteroatoms. The minimum Gasteiger partial charge on any atom is -0.497 e. The van der Waals surface area contributed by atoms with Crippen molar-refractivity contribution in [2.75, 3.05) is 40.4 Å². The van der Waals surface area contributed by atoms with Gasteiger partial charge in [0.15, 0.2) is 0 Å². The van der Waals surface area contributed by atoms with Crippen molar-refractivity contribution in [2.24, 2.45) is 0 Å². The molecule has 190 valence electrons. The number of methoxy groups -OCH3 is 2. The minimum atomic E-state index is -0.955. The van der Waals surface area contributed by atoms with E-state index < -0.39 is 29.0 Å². The van der Waals surface area contributed by atoms with Gasteiger partial charge < -0.3 is 14.8 Å². The van der Waals surface area contributed by atoms with Crippen molar-refractivity contribution in [2.45, 2.75) is 18.4 Å². The average molecular weight is 500 g/mol. The Kier molecular flexibility index (Phi) is 7.91. The number of rotatable bonds is 9. The van der Waals surface area contributed by atoms with Gasteiger partial charge in [-0.3, -0.25) is 14.7 Å². The number of carbonyl (C=O) groups is 1. The van der Waals surface area contributed by atoms with Crippen LogP contribution in [-0.2, 0) is 16.0 Å². The molecule has 2 heterocycles. The second kappa shape index (κ2) is 11.1. The van der Waals surface area contributed by atoms with Crippen LogP contribution in [0.5, 0.6) is 5.75 Å². The number of hydrogen-bond donors (Lipinski definition) is 1. The summed E-state index contributed by atoms with van der Waals surface area (Å²) >= 11 is 0. The smallest absolute Gasteiger partial charge is 0.327 e. The van der Waals surface area contributed by atoms with Crippen LogP contribution in [0.3, 0.4) is 0 Å². The zero-order valence-electron chi connectivity index (χ0n) is 20.2. The van der Waals surface area contributed by atoms with Crippen molar-refractivity contribution in [3.8, 4) is 5.75 Å². The van der Waals surface area contributed by atoms with Crippen molar-refractivity contribution < 1.29 is 27.4 Å². The van der Waals surface area contributed by atoms with Crippen LogP contribution in [0.2, 0.25) is 0 Å². The van der Waals surface area contributed by atoms with Crippen LogP contribution in [0.15, 0.2) is 48.7 Å². The lowest BCUT2D eigenvalue weighted by molar-refractivity contribution is -0.148. The van der Waals surface area contributed by atoms with Gasteiger partial charge in [0.1, 0.15) is 28.7 Å². The molecule has 1 aliphatic heterocycles. The van der Waals surface area contributed by atoms with Gasteiger partial charge in [-0.15, -0.1) is 0 Å². The topological polar surface area (TPSA) is 63.7 Å². The summed E-state index contributed by atoms with van der Waals surface area (Å²) in [5, 5.41) is 3.96. The Bertz CT molecular complexity index is 1280. The largest absolute Gasteiger partial charge is 0.497 e. The van der Waals surface area contributed by atoms with Gasteiger partial charge in [0.25, 0.3) is 0 Å². The molecule has 2 aromatic carbocycles. The fourth-order valence-electron chi connectivity index (χ4n) is 4.60. The molecular weight excluding hydrogens is 471 g/mol. The van der Waals surface area contributed by atoms with Gasteiger partial charge in [0, 0.05) is 42.7 Å². The molecule has 1 aromatic heterocycles. The maximum Gasteiger partial charge on any atom is 0.327 e. The number of ether oxygens (including phenoxy) is 2. The molecule has 1 fully saturated rings. The molecule has 4 rings (SSSR count). The van der Waals surface area contributed by atoms with E-state index in [1.165, 1.54) is 19.4 Å². The second-order valence-electron chi connectivity index (χ2n) is 8.77. The first-order valence-corrected chi connectivity index (χ1v) is 11.6. The Morgan fingerprint density at radius 3 is 2.78 bits per heavy atom. The number of fused-ring (bicyclic) bond motifs is 1. The van der Waals surface area contributed by atoms with E-state index in [-0.39, 0.29) is 5.56 Å². The molecule has 0 spiro atoms. The number of aromatic nitrogens is 1. The minimum absolute atomic E-state index is 0.162. The van der Waals surface area contributed by atoms with E-state index in [4.69, 9.17) is 9.47 Å². The van der Waals surface area contributed by atoms with E-state index in [0.29, 0.717) is 61.2 Å². The zero-order valence-corrected chi connectivity index (χ0v) is 20.2. The molecule has 0 aliphatic carbocycles. The van der Waals surface area contributed by atoms with Gasteiger partial charge in [-0.05, 0) is 49.2 Å². The van der Waals surface area contributed by atoms with Crippen LogP contribution in [-0.4, -0.2) is 61.8 Å². The summed E-state index contributed by atoms with van der Waals surface area (Å²) in [6, 6.07) is 8.59. The van der Waals surface area contributed by atoms with Crippen LogP contribution in [0.1, 0.15) is 17.5 Å². The number of pyridine rings is 1. The standard InChI is InChI=1S/C27H28F3N3O3/c1-35-20-6-8-25-22(15-20)21(24(30)16-31-25)9-11-32-27(26(34)36-2)10-13-33(17-27)12-3-4-18-14-19(28)5-7-23(18)29/h3-8,14-16,32H,9-13,17H2,1-2H3/b4-3+/t27-/m0/s1. The average Bonchev–Trinajstić information content (AvgIpc) is 3.30. The summed E-state index contributed by atoms with van der Waals surface area (Å²) in [5.74, 6) is -1.23. The first kappa shape index (κ1) is 25.7. The summed E-state index contributed by atoms with van der Waals surface area (Å²) in [7, 11) is 2.88. The maximum atomic E-state index is 14.7. The van der Waals surface area contributed by atoms with Gasteiger partial charge in [-0.2, -0.15) is 0 Å². The first-order valence-electron chi connectivity index (χ1n) is 11.6. The predicted molar refractivity (Wildman–Crippen MR) is 131 cm³/mol. The molecule has 0 unspecified atom stereocenters. The third-order valence-electron chi connectivity index (χ3n) is 6.52. The SMILES string of the molecule is COC(=O)[C@]1(NCCc2c(F)cnc3ccc(OC)cc23)CCN(C/C=C/c2cc(F)ccc2F)C1. The monoisotopic (exact) mass is 499 g/mol. The van der Waals surface area contributed by atoms with Gasteiger partial charge in [-0.25, -0.2) is 13.2 Å². The normalized spacial score (nSPS) is 18.2. The van der Waals surface area contributed by atoms with Crippen LogP contribution in [0.4, 0.5) is 13.2 Å². The molecule has 1 saturated heterocycles. The van der Waals surface area contributed by atoms with Gasteiger partial charge in [0.05, 0.1) is 25.9 Å². The number of benzene rings is 2. The molecular formula is C27H28F3N3O3. The van der Waals surface area contributed by atoms with Crippen molar-refractivity contribution in [1.29, 1.82) is 0 Å².